The second kappa shape index (κ2) is 6.13. The summed E-state index contributed by atoms with van der Waals surface area (Å²) in [6.45, 7) is 5.99. The van der Waals surface area contributed by atoms with Crippen molar-refractivity contribution >= 4 is 10.0 Å². The van der Waals surface area contributed by atoms with Gasteiger partial charge in [-0.3, -0.25) is 4.68 Å². The van der Waals surface area contributed by atoms with Crippen molar-refractivity contribution in [3.8, 4) is 0 Å². The molecule has 0 amide bonds. The zero-order valence-electron chi connectivity index (χ0n) is 12.5. The highest BCUT2D eigenvalue weighted by atomic mass is 32.2. The predicted molar refractivity (Wildman–Crippen MR) is 77.7 cm³/mol. The summed E-state index contributed by atoms with van der Waals surface area (Å²) >= 11 is 0. The van der Waals surface area contributed by atoms with Gasteiger partial charge in [-0.15, -0.1) is 0 Å². The predicted octanol–water partition coefficient (Wildman–Crippen LogP) is 2.53. The van der Waals surface area contributed by atoms with Gasteiger partial charge in [0.05, 0.1) is 5.69 Å². The Labute approximate surface area is 128 Å². The van der Waals surface area contributed by atoms with E-state index < -0.39 is 32.6 Å². The van der Waals surface area contributed by atoms with E-state index in [1.165, 1.54) is 0 Å². The summed E-state index contributed by atoms with van der Waals surface area (Å²) in [6, 6.07) is 1.76. The van der Waals surface area contributed by atoms with E-state index in [0.717, 1.165) is 12.1 Å². The molecule has 2 aromatic rings. The molecule has 1 atom stereocenters. The summed E-state index contributed by atoms with van der Waals surface area (Å²) in [7, 11) is -4.10. The first kappa shape index (κ1) is 16.6. The molecule has 1 unspecified atom stereocenters. The second-order valence-electron chi connectivity index (χ2n) is 4.94. The van der Waals surface area contributed by atoms with Gasteiger partial charge in [0.25, 0.3) is 0 Å². The van der Waals surface area contributed by atoms with Crippen molar-refractivity contribution in [2.45, 2.75) is 38.3 Å². The normalized spacial score (nSPS) is 13.3. The van der Waals surface area contributed by atoms with E-state index in [1.54, 1.807) is 24.7 Å². The van der Waals surface area contributed by atoms with E-state index in [4.69, 9.17) is 0 Å². The zero-order valence-corrected chi connectivity index (χ0v) is 13.3. The molecule has 8 heteroatoms. The maximum absolute atomic E-state index is 13.7. The first-order chi connectivity index (χ1) is 10.2. The lowest BCUT2D eigenvalue weighted by Gasteiger charge is -2.14. The number of hydrogen-bond donors (Lipinski definition) is 1. The maximum atomic E-state index is 13.7. The third kappa shape index (κ3) is 3.33. The van der Waals surface area contributed by atoms with Gasteiger partial charge in [0.1, 0.15) is 16.5 Å². The highest BCUT2D eigenvalue weighted by Gasteiger charge is 2.24. The van der Waals surface area contributed by atoms with E-state index >= 15 is 0 Å². The van der Waals surface area contributed by atoms with Gasteiger partial charge in [-0.1, -0.05) is 0 Å². The molecule has 0 bridgehead atoms. The van der Waals surface area contributed by atoms with Crippen molar-refractivity contribution in [2.24, 2.45) is 0 Å². The van der Waals surface area contributed by atoms with Crippen molar-refractivity contribution in [3.63, 3.8) is 0 Å². The minimum atomic E-state index is -4.10. The van der Waals surface area contributed by atoms with Crippen LogP contribution < -0.4 is 4.72 Å². The highest BCUT2D eigenvalue weighted by molar-refractivity contribution is 7.89. The van der Waals surface area contributed by atoms with Crippen molar-refractivity contribution in [3.05, 3.63) is 47.3 Å². The van der Waals surface area contributed by atoms with Crippen LogP contribution in [0.4, 0.5) is 8.78 Å². The maximum Gasteiger partial charge on any atom is 0.244 e. The molecule has 120 valence electrons. The molecule has 0 radical (unpaired) electrons. The van der Waals surface area contributed by atoms with Crippen molar-refractivity contribution in [1.29, 1.82) is 0 Å². The quantitative estimate of drug-likeness (QED) is 0.917. The number of benzene rings is 1. The summed E-state index contributed by atoms with van der Waals surface area (Å²) in [5, 5.41) is 4.24. The molecular weight excluding hydrogens is 312 g/mol. The Hall–Kier alpha value is -1.80. The molecule has 0 spiro atoms. The van der Waals surface area contributed by atoms with Crippen LogP contribution in [0.15, 0.2) is 29.3 Å². The number of halogens is 2. The molecule has 0 aliphatic heterocycles. The highest BCUT2D eigenvalue weighted by Crippen LogP contribution is 2.21. The van der Waals surface area contributed by atoms with E-state index in [2.05, 4.69) is 9.82 Å². The Morgan fingerprint density at radius 1 is 1.36 bits per heavy atom. The topological polar surface area (TPSA) is 64.0 Å². The van der Waals surface area contributed by atoms with Crippen LogP contribution >= 0.6 is 0 Å². The third-order valence-corrected chi connectivity index (χ3v) is 4.86. The molecule has 1 N–H and O–H groups in total. The van der Waals surface area contributed by atoms with Gasteiger partial charge in [0.15, 0.2) is 0 Å². The Bertz CT molecular complexity index is 787. The van der Waals surface area contributed by atoms with Crippen LogP contribution in [0, 0.1) is 18.6 Å². The van der Waals surface area contributed by atoms with Gasteiger partial charge in [-0.25, -0.2) is 21.9 Å². The Kier molecular flexibility index (Phi) is 4.62. The summed E-state index contributed by atoms with van der Waals surface area (Å²) < 4.78 is 55.1. The van der Waals surface area contributed by atoms with E-state index in [-0.39, 0.29) is 0 Å². The summed E-state index contributed by atoms with van der Waals surface area (Å²) in [5.74, 6) is -1.95. The minimum absolute atomic E-state index is 0.541. The Balaban J connectivity index is 2.29. The SMILES string of the molecule is CCn1cc(C(C)NS(=O)(=O)c2ccc(F)cc2F)c(C)n1. The third-order valence-electron chi connectivity index (χ3n) is 3.29. The molecule has 2 rings (SSSR count). The molecule has 0 saturated heterocycles. The average molecular weight is 329 g/mol. The number of rotatable bonds is 5. The number of aryl methyl sites for hydroxylation is 2. The number of sulfonamides is 1. The Morgan fingerprint density at radius 2 is 2.05 bits per heavy atom. The fourth-order valence-electron chi connectivity index (χ4n) is 2.17. The van der Waals surface area contributed by atoms with E-state index in [1.807, 2.05) is 6.92 Å². The van der Waals surface area contributed by atoms with Gasteiger partial charge in [-0.05, 0) is 32.9 Å². The first-order valence-electron chi connectivity index (χ1n) is 6.76. The van der Waals surface area contributed by atoms with Crippen LogP contribution in [0.1, 0.15) is 31.1 Å². The lowest BCUT2D eigenvalue weighted by molar-refractivity contribution is 0.536. The van der Waals surface area contributed by atoms with Crippen LogP contribution in [0.25, 0.3) is 0 Å². The number of nitrogens with zero attached hydrogens (tertiary/aromatic N) is 2. The van der Waals surface area contributed by atoms with Gasteiger partial charge < -0.3 is 0 Å². The number of aromatic nitrogens is 2. The standard InChI is InChI=1S/C14H17F2N3O2S/c1-4-19-8-12(9(2)17-19)10(3)18-22(20,21)14-6-5-11(15)7-13(14)16/h5-8,10,18H,4H2,1-3H3. The lowest BCUT2D eigenvalue weighted by Crippen LogP contribution is -2.28. The molecule has 0 saturated carbocycles. The molecule has 0 fully saturated rings. The van der Waals surface area contributed by atoms with Crippen LogP contribution in [0.5, 0.6) is 0 Å². The molecule has 1 heterocycles. The number of hydrogen-bond acceptors (Lipinski definition) is 3. The fourth-order valence-corrected chi connectivity index (χ4v) is 3.46. The van der Waals surface area contributed by atoms with Crippen molar-refractivity contribution < 1.29 is 17.2 Å². The molecule has 1 aromatic carbocycles. The van der Waals surface area contributed by atoms with Crippen molar-refractivity contribution in [2.75, 3.05) is 0 Å². The van der Waals surface area contributed by atoms with Crippen LogP contribution in [0.3, 0.4) is 0 Å². The van der Waals surface area contributed by atoms with Crippen LogP contribution in [-0.4, -0.2) is 18.2 Å². The molecule has 0 aliphatic carbocycles. The molecular formula is C14H17F2N3O2S. The number of nitrogens with one attached hydrogen (secondary N) is 1. The fraction of sp³-hybridized carbons (Fsp3) is 0.357. The summed E-state index contributed by atoms with van der Waals surface area (Å²) in [6.07, 6.45) is 1.74. The average Bonchev–Trinajstić information content (AvgIpc) is 2.79. The van der Waals surface area contributed by atoms with Gasteiger partial charge >= 0.3 is 0 Å². The largest absolute Gasteiger partial charge is 0.272 e. The minimum Gasteiger partial charge on any atom is -0.272 e. The van der Waals surface area contributed by atoms with Crippen LogP contribution in [-0.2, 0) is 16.6 Å². The van der Waals surface area contributed by atoms with Gasteiger partial charge in [0.2, 0.25) is 10.0 Å². The monoisotopic (exact) mass is 329 g/mol. The van der Waals surface area contributed by atoms with E-state index in [9.17, 15) is 17.2 Å². The van der Waals surface area contributed by atoms with Crippen LogP contribution in [0.2, 0.25) is 0 Å². The zero-order chi connectivity index (χ0) is 16.5. The van der Waals surface area contributed by atoms with Crippen molar-refractivity contribution in [1.82, 2.24) is 14.5 Å². The van der Waals surface area contributed by atoms with Gasteiger partial charge in [0, 0.05) is 30.4 Å². The summed E-state index contributed by atoms with van der Waals surface area (Å²) in [4.78, 5) is -0.582. The van der Waals surface area contributed by atoms with Gasteiger partial charge in [-0.2, -0.15) is 5.10 Å². The lowest BCUT2D eigenvalue weighted by atomic mass is 10.1. The Morgan fingerprint density at radius 3 is 2.59 bits per heavy atom. The smallest absolute Gasteiger partial charge is 0.244 e. The second-order valence-corrected chi connectivity index (χ2v) is 6.63. The molecule has 0 aliphatic rings. The molecule has 22 heavy (non-hydrogen) atoms. The molecule has 1 aromatic heterocycles. The first-order valence-corrected chi connectivity index (χ1v) is 8.24. The molecule has 5 nitrogen and oxygen atoms in total. The summed E-state index contributed by atoms with van der Waals surface area (Å²) in [5.41, 5.74) is 1.39. The van der Waals surface area contributed by atoms with E-state index in [0.29, 0.717) is 23.9 Å².